The first-order chi connectivity index (χ1) is 27.0. The highest BCUT2D eigenvalue weighted by Crippen LogP contribution is 2.67. The molecule has 0 radical (unpaired) electrons. The zero-order valence-electron chi connectivity index (χ0n) is 28.4. The summed E-state index contributed by atoms with van der Waals surface area (Å²) in [5, 5.41) is 11.9. The van der Waals surface area contributed by atoms with E-state index in [-0.39, 0.29) is 39.6 Å². The summed E-state index contributed by atoms with van der Waals surface area (Å²) in [6.45, 7) is 0. The van der Waals surface area contributed by atoms with Crippen molar-refractivity contribution >= 4 is 69.0 Å². The largest absolute Gasteiger partial charge is 0.508 e. The number of carbonyl (C=O) groups is 4. The SMILES string of the molecule is O=C1C2CC=C3C(CC4(Cl)C(=O)N(c5c(F)c(F)c(F)c(F)c5F)C(=O)C4(Cl)C3c3c(O)ccc4ccccc34)C2C(=O)N1c1cc(C(F)(F)F)cc(C(F)(F)F)c1. The topological polar surface area (TPSA) is 95.0 Å². The molecule has 2 saturated heterocycles. The summed E-state index contributed by atoms with van der Waals surface area (Å²) in [5.41, 5.74) is -7.28. The highest BCUT2D eigenvalue weighted by Gasteiger charge is 2.77. The second-order valence-corrected chi connectivity index (χ2v) is 15.4. The van der Waals surface area contributed by atoms with E-state index in [1.807, 2.05) is 0 Å². The van der Waals surface area contributed by atoms with Crippen LogP contribution in [0.25, 0.3) is 10.8 Å². The summed E-state index contributed by atoms with van der Waals surface area (Å²) < 4.78 is 157. The second kappa shape index (κ2) is 12.6. The standard InChI is InChI=1S/C38H19Cl2F11N2O5/c39-35-12-20-18(6-7-19-22(20)32(56)52(31(19)55)16-10-14(37(46,47)48)9-15(11-16)38(49,50)51)24(23-17-4-2-1-3-13(17)5-8-21(23)54)36(35,40)34(58)53(33(35)57)30-28(44)26(42)25(41)27(43)29(30)45/h1-6,8-11,19-20,22,24,54H,7,12H2. The van der Waals surface area contributed by atoms with Crippen molar-refractivity contribution in [1.29, 1.82) is 0 Å². The molecule has 1 saturated carbocycles. The van der Waals surface area contributed by atoms with Crippen molar-refractivity contribution in [1.82, 2.24) is 0 Å². The van der Waals surface area contributed by atoms with E-state index in [0.717, 1.165) is 6.07 Å². The highest BCUT2D eigenvalue weighted by atomic mass is 35.5. The minimum absolute atomic E-state index is 0.115. The Labute approximate surface area is 327 Å². The lowest BCUT2D eigenvalue weighted by Crippen LogP contribution is -2.60. The van der Waals surface area contributed by atoms with E-state index < -0.39 is 144 Å². The molecule has 6 atom stereocenters. The van der Waals surface area contributed by atoms with Crippen LogP contribution in [-0.4, -0.2) is 38.5 Å². The van der Waals surface area contributed by atoms with Gasteiger partial charge in [-0.1, -0.05) is 42.0 Å². The predicted molar refractivity (Wildman–Crippen MR) is 181 cm³/mol. The van der Waals surface area contributed by atoms with Crippen LogP contribution in [0.5, 0.6) is 5.75 Å². The first-order valence-electron chi connectivity index (χ1n) is 16.8. The molecule has 6 unspecified atom stereocenters. The van der Waals surface area contributed by atoms with Crippen LogP contribution in [0.2, 0.25) is 0 Å². The van der Waals surface area contributed by atoms with Crippen molar-refractivity contribution in [3.8, 4) is 5.75 Å². The average molecular weight is 863 g/mol. The fourth-order valence-electron chi connectivity index (χ4n) is 8.79. The van der Waals surface area contributed by atoms with E-state index >= 15 is 8.78 Å². The number of imide groups is 2. The van der Waals surface area contributed by atoms with E-state index in [1.165, 1.54) is 30.3 Å². The Kier molecular flexibility index (Phi) is 8.62. The quantitative estimate of drug-likeness (QED) is 0.0555. The molecule has 7 nitrogen and oxygen atoms in total. The van der Waals surface area contributed by atoms with Gasteiger partial charge in [0.1, 0.15) is 11.4 Å². The Morgan fingerprint density at radius 3 is 1.84 bits per heavy atom. The molecule has 0 bridgehead atoms. The van der Waals surface area contributed by atoms with E-state index in [0.29, 0.717) is 5.39 Å². The van der Waals surface area contributed by atoms with Gasteiger partial charge in [0.2, 0.25) is 17.6 Å². The Balaban J connectivity index is 1.35. The van der Waals surface area contributed by atoms with Gasteiger partial charge in [0.05, 0.1) is 28.7 Å². The minimum atomic E-state index is -5.38. The molecule has 2 heterocycles. The van der Waals surface area contributed by atoms with Gasteiger partial charge in [-0.2, -0.15) is 26.3 Å². The van der Waals surface area contributed by atoms with Crippen molar-refractivity contribution in [2.75, 3.05) is 9.80 Å². The number of aromatic hydroxyl groups is 1. The lowest BCUT2D eigenvalue weighted by Gasteiger charge is -2.51. The van der Waals surface area contributed by atoms with Gasteiger partial charge in [-0.05, 0) is 53.8 Å². The van der Waals surface area contributed by atoms with Crippen molar-refractivity contribution in [2.45, 2.75) is 40.9 Å². The van der Waals surface area contributed by atoms with Crippen LogP contribution in [0.1, 0.15) is 35.4 Å². The summed E-state index contributed by atoms with van der Waals surface area (Å²) >= 11 is 14.2. The number of amides is 4. The second-order valence-electron chi connectivity index (χ2n) is 14.2. The molecule has 4 aliphatic rings. The Morgan fingerprint density at radius 1 is 0.690 bits per heavy atom. The number of phenolic OH excluding ortho intramolecular Hbond substituents is 1. The monoisotopic (exact) mass is 862 g/mol. The molecule has 3 fully saturated rings. The van der Waals surface area contributed by atoms with E-state index in [9.17, 15) is 63.8 Å². The van der Waals surface area contributed by atoms with Gasteiger partial charge in [-0.3, -0.25) is 19.2 Å². The number of anilines is 2. The van der Waals surface area contributed by atoms with Crippen molar-refractivity contribution in [3.05, 3.63) is 112 Å². The van der Waals surface area contributed by atoms with Gasteiger partial charge >= 0.3 is 12.4 Å². The zero-order chi connectivity index (χ0) is 42.3. The summed E-state index contributed by atoms with van der Waals surface area (Å²) in [5.74, 6) is -26.8. The third kappa shape index (κ3) is 5.18. The molecule has 4 aromatic carbocycles. The maximum Gasteiger partial charge on any atom is 0.416 e. The number of carbonyl (C=O) groups excluding carboxylic acids is 4. The first-order valence-corrected chi connectivity index (χ1v) is 17.6. The van der Waals surface area contributed by atoms with Crippen LogP contribution in [-0.2, 0) is 31.5 Å². The normalized spacial score (nSPS) is 27.3. The number of alkyl halides is 8. The van der Waals surface area contributed by atoms with Crippen molar-refractivity contribution < 1.29 is 72.6 Å². The smallest absolute Gasteiger partial charge is 0.416 e. The third-order valence-electron chi connectivity index (χ3n) is 11.3. The molecule has 302 valence electrons. The molecule has 58 heavy (non-hydrogen) atoms. The summed E-state index contributed by atoms with van der Waals surface area (Å²) in [4.78, 5) is 50.9. The lowest BCUT2D eigenvalue weighted by molar-refractivity contribution is -0.143. The molecule has 4 amide bonds. The van der Waals surface area contributed by atoms with Crippen molar-refractivity contribution in [3.63, 3.8) is 0 Å². The molecule has 0 spiro atoms. The Bertz CT molecular complexity index is 2540. The summed E-state index contributed by atoms with van der Waals surface area (Å²) in [6.07, 6.45) is -11.0. The molecule has 4 aromatic rings. The van der Waals surface area contributed by atoms with Crippen LogP contribution in [0.4, 0.5) is 59.7 Å². The fourth-order valence-corrected chi connectivity index (χ4v) is 9.71. The number of allylic oxidation sites excluding steroid dienone is 2. The average Bonchev–Trinajstić information content (AvgIpc) is 3.50. The van der Waals surface area contributed by atoms with Crippen molar-refractivity contribution in [2.24, 2.45) is 17.8 Å². The van der Waals surface area contributed by atoms with E-state index in [1.54, 1.807) is 6.07 Å². The Morgan fingerprint density at radius 2 is 1.26 bits per heavy atom. The third-order valence-corrected chi connectivity index (χ3v) is 12.7. The van der Waals surface area contributed by atoms with Crippen LogP contribution in [0, 0.1) is 46.8 Å². The molecule has 0 aromatic heterocycles. The number of benzene rings is 4. The molecule has 20 heteroatoms. The number of fused-ring (bicyclic) bond motifs is 5. The minimum Gasteiger partial charge on any atom is -0.508 e. The molecular formula is C38H19Cl2F11N2O5. The number of halogens is 13. The number of phenols is 1. The number of nitrogens with zero attached hydrogens (tertiary/aromatic N) is 2. The molecular weight excluding hydrogens is 844 g/mol. The Hall–Kier alpha value is -5.23. The number of hydrogen-bond donors (Lipinski definition) is 1. The summed E-state index contributed by atoms with van der Waals surface area (Å²) in [7, 11) is 0. The van der Waals surface area contributed by atoms with Crippen LogP contribution in [0.3, 0.4) is 0 Å². The van der Waals surface area contributed by atoms with Crippen LogP contribution >= 0.6 is 23.2 Å². The van der Waals surface area contributed by atoms with Gasteiger partial charge < -0.3 is 5.11 Å². The van der Waals surface area contributed by atoms with Gasteiger partial charge in [-0.15, -0.1) is 23.2 Å². The van der Waals surface area contributed by atoms with E-state index in [2.05, 4.69) is 0 Å². The first kappa shape index (κ1) is 39.6. The molecule has 2 aliphatic heterocycles. The number of hydrogen-bond acceptors (Lipinski definition) is 5. The highest BCUT2D eigenvalue weighted by molar-refractivity contribution is 6.58. The van der Waals surface area contributed by atoms with Gasteiger partial charge in [0.25, 0.3) is 11.8 Å². The number of rotatable bonds is 3. The molecule has 2 aliphatic carbocycles. The van der Waals surface area contributed by atoms with E-state index in [4.69, 9.17) is 23.2 Å². The lowest BCUT2D eigenvalue weighted by atomic mass is 9.56. The summed E-state index contributed by atoms with van der Waals surface area (Å²) in [6, 6.07) is 8.61. The maximum atomic E-state index is 15.4. The van der Waals surface area contributed by atoms with Gasteiger partial charge in [0.15, 0.2) is 33.0 Å². The zero-order valence-corrected chi connectivity index (χ0v) is 29.9. The van der Waals surface area contributed by atoms with Crippen LogP contribution < -0.4 is 9.80 Å². The predicted octanol–water partition coefficient (Wildman–Crippen LogP) is 9.05. The molecule has 1 N–H and O–H groups in total. The van der Waals surface area contributed by atoms with Gasteiger partial charge in [-0.25, -0.2) is 31.8 Å². The van der Waals surface area contributed by atoms with Gasteiger partial charge in [0, 0.05) is 11.5 Å². The van der Waals surface area contributed by atoms with Crippen LogP contribution in [0.15, 0.2) is 66.2 Å². The maximum absolute atomic E-state index is 15.4. The molecule has 8 rings (SSSR count). The fraction of sp³-hybridized carbons (Fsp3) is 0.263.